The Balaban J connectivity index is 1.73. The van der Waals surface area contributed by atoms with E-state index >= 15 is 0 Å². The van der Waals surface area contributed by atoms with Gasteiger partial charge in [-0.1, -0.05) is 27.7 Å². The molecule has 0 bridgehead atoms. The number of ether oxygens (including phenoxy) is 1. The maximum atomic E-state index is 6.68. The van der Waals surface area contributed by atoms with Crippen LogP contribution in [0.15, 0.2) is 0 Å². The second-order valence-electron chi connectivity index (χ2n) is 8.40. The first-order valence-electron chi connectivity index (χ1n) is 7.73. The van der Waals surface area contributed by atoms with Crippen LogP contribution in [0.1, 0.15) is 66.2 Å². The van der Waals surface area contributed by atoms with Crippen LogP contribution < -0.4 is 5.32 Å². The van der Waals surface area contributed by atoms with Crippen molar-refractivity contribution in [2.24, 2.45) is 10.8 Å². The third-order valence-corrected chi connectivity index (χ3v) is 5.81. The molecule has 2 unspecified atom stereocenters. The molecule has 3 rings (SSSR count). The van der Waals surface area contributed by atoms with Crippen molar-refractivity contribution in [2.75, 3.05) is 6.54 Å². The van der Waals surface area contributed by atoms with E-state index in [9.17, 15) is 0 Å². The molecular formula is C16H29NO. The zero-order valence-electron chi connectivity index (χ0n) is 12.5. The Hall–Kier alpha value is -0.0800. The summed E-state index contributed by atoms with van der Waals surface area (Å²) >= 11 is 0. The quantitative estimate of drug-likeness (QED) is 0.711. The third kappa shape index (κ3) is 2.12. The van der Waals surface area contributed by atoms with Crippen molar-refractivity contribution >= 4 is 0 Å². The van der Waals surface area contributed by atoms with E-state index in [1.54, 1.807) is 0 Å². The van der Waals surface area contributed by atoms with Gasteiger partial charge < -0.3 is 10.1 Å². The number of fused-ring (bicyclic) bond motifs is 1. The lowest BCUT2D eigenvalue weighted by Gasteiger charge is -2.51. The zero-order chi connectivity index (χ0) is 13.0. The van der Waals surface area contributed by atoms with E-state index < -0.39 is 0 Å². The number of nitrogens with one attached hydrogen (secondary N) is 1. The van der Waals surface area contributed by atoms with Gasteiger partial charge in [0.05, 0.1) is 11.7 Å². The molecule has 0 radical (unpaired) electrons. The van der Waals surface area contributed by atoms with Gasteiger partial charge in [-0.05, 0) is 49.4 Å². The van der Waals surface area contributed by atoms with E-state index in [0.717, 1.165) is 6.54 Å². The van der Waals surface area contributed by atoms with Crippen LogP contribution in [0.25, 0.3) is 0 Å². The molecule has 2 aliphatic carbocycles. The fourth-order valence-electron chi connectivity index (χ4n) is 4.12. The molecule has 1 saturated heterocycles. The Labute approximate surface area is 112 Å². The van der Waals surface area contributed by atoms with Gasteiger partial charge in [-0.15, -0.1) is 0 Å². The highest BCUT2D eigenvalue weighted by molar-refractivity contribution is 5.05. The highest BCUT2D eigenvalue weighted by Crippen LogP contribution is 2.49. The molecule has 3 fully saturated rings. The van der Waals surface area contributed by atoms with Crippen LogP contribution in [0.2, 0.25) is 0 Å². The smallest absolute Gasteiger partial charge is 0.0811 e. The minimum atomic E-state index is 0.151. The van der Waals surface area contributed by atoms with E-state index in [-0.39, 0.29) is 5.60 Å². The maximum absolute atomic E-state index is 6.68. The average molecular weight is 251 g/mol. The fraction of sp³-hybridized carbons (Fsp3) is 1.00. The van der Waals surface area contributed by atoms with E-state index in [1.165, 1.54) is 38.5 Å². The van der Waals surface area contributed by atoms with Crippen LogP contribution in [0, 0.1) is 10.8 Å². The number of morpholine rings is 1. The van der Waals surface area contributed by atoms with Gasteiger partial charge >= 0.3 is 0 Å². The summed E-state index contributed by atoms with van der Waals surface area (Å²) in [7, 11) is 0. The summed E-state index contributed by atoms with van der Waals surface area (Å²) in [5.41, 5.74) is 1.03. The Morgan fingerprint density at radius 3 is 2.28 bits per heavy atom. The normalized spacial score (nSPS) is 40.7. The lowest BCUT2D eigenvalue weighted by Crippen LogP contribution is -2.61. The second-order valence-corrected chi connectivity index (χ2v) is 8.40. The van der Waals surface area contributed by atoms with Gasteiger partial charge in [0, 0.05) is 12.6 Å². The van der Waals surface area contributed by atoms with E-state index in [2.05, 4.69) is 33.0 Å². The minimum Gasteiger partial charge on any atom is -0.368 e. The Morgan fingerprint density at radius 2 is 1.61 bits per heavy atom. The van der Waals surface area contributed by atoms with Crippen molar-refractivity contribution in [3.63, 3.8) is 0 Å². The number of hydrogen-bond donors (Lipinski definition) is 1. The standard InChI is InChI=1S/C16H29NO/c1-14(2)7-9-16(10-8-14)11-17-12-5-6-15(3,4)13(12)18-16/h12-13,17H,5-11H2,1-4H3. The van der Waals surface area contributed by atoms with Crippen molar-refractivity contribution in [1.29, 1.82) is 0 Å². The van der Waals surface area contributed by atoms with Gasteiger partial charge in [-0.3, -0.25) is 0 Å². The van der Waals surface area contributed by atoms with E-state index in [1.807, 2.05) is 0 Å². The highest BCUT2D eigenvalue weighted by Gasteiger charge is 2.52. The van der Waals surface area contributed by atoms with Crippen molar-refractivity contribution in [3.8, 4) is 0 Å². The molecule has 2 saturated carbocycles. The van der Waals surface area contributed by atoms with Gasteiger partial charge in [0.1, 0.15) is 0 Å². The lowest BCUT2D eigenvalue weighted by molar-refractivity contribution is -0.178. The SMILES string of the molecule is CC1(C)CCC2(CC1)CNC1CCC(C)(C)C1O2. The second kappa shape index (κ2) is 3.96. The maximum Gasteiger partial charge on any atom is 0.0811 e. The predicted molar refractivity (Wildman–Crippen MR) is 74.7 cm³/mol. The molecular weight excluding hydrogens is 222 g/mol. The van der Waals surface area contributed by atoms with E-state index in [0.29, 0.717) is 23.0 Å². The summed E-state index contributed by atoms with van der Waals surface area (Å²) in [6.07, 6.45) is 8.14. The first kappa shape index (κ1) is 12.9. The highest BCUT2D eigenvalue weighted by atomic mass is 16.5. The van der Waals surface area contributed by atoms with Crippen molar-refractivity contribution in [3.05, 3.63) is 0 Å². The Bertz CT molecular complexity index is 324. The third-order valence-electron chi connectivity index (χ3n) is 5.81. The Kier molecular flexibility index (Phi) is 2.84. The van der Waals surface area contributed by atoms with Crippen LogP contribution in [0.4, 0.5) is 0 Å². The van der Waals surface area contributed by atoms with Crippen LogP contribution in [-0.4, -0.2) is 24.3 Å². The summed E-state index contributed by atoms with van der Waals surface area (Å²) in [5, 5.41) is 3.80. The molecule has 2 heteroatoms. The van der Waals surface area contributed by atoms with Gasteiger partial charge in [0.25, 0.3) is 0 Å². The minimum absolute atomic E-state index is 0.151. The van der Waals surface area contributed by atoms with Gasteiger partial charge in [0.2, 0.25) is 0 Å². The first-order chi connectivity index (χ1) is 8.32. The molecule has 0 aromatic carbocycles. The van der Waals surface area contributed by atoms with Crippen molar-refractivity contribution in [1.82, 2.24) is 5.32 Å². The van der Waals surface area contributed by atoms with E-state index in [4.69, 9.17) is 4.74 Å². The summed E-state index contributed by atoms with van der Waals surface area (Å²) in [6, 6.07) is 0.612. The topological polar surface area (TPSA) is 21.3 Å². The zero-order valence-corrected chi connectivity index (χ0v) is 12.5. The molecule has 1 aliphatic heterocycles. The van der Waals surface area contributed by atoms with Crippen LogP contribution in [-0.2, 0) is 4.74 Å². The fourth-order valence-corrected chi connectivity index (χ4v) is 4.12. The molecule has 0 amide bonds. The molecule has 3 aliphatic rings. The lowest BCUT2D eigenvalue weighted by atomic mass is 9.70. The first-order valence-corrected chi connectivity index (χ1v) is 7.73. The molecule has 18 heavy (non-hydrogen) atoms. The summed E-state index contributed by atoms with van der Waals surface area (Å²) in [4.78, 5) is 0. The van der Waals surface area contributed by atoms with Gasteiger partial charge in [0.15, 0.2) is 0 Å². The summed E-state index contributed by atoms with van der Waals surface area (Å²) in [6.45, 7) is 10.6. The van der Waals surface area contributed by atoms with Crippen molar-refractivity contribution < 1.29 is 4.74 Å². The Morgan fingerprint density at radius 1 is 0.944 bits per heavy atom. The van der Waals surface area contributed by atoms with Crippen molar-refractivity contribution in [2.45, 2.75) is 84.0 Å². The molecule has 2 nitrogen and oxygen atoms in total. The largest absolute Gasteiger partial charge is 0.368 e. The van der Waals surface area contributed by atoms with Gasteiger partial charge in [-0.25, -0.2) is 0 Å². The van der Waals surface area contributed by atoms with Crippen LogP contribution in [0.3, 0.4) is 0 Å². The number of hydrogen-bond acceptors (Lipinski definition) is 2. The molecule has 1 N–H and O–H groups in total. The summed E-state index contributed by atoms with van der Waals surface area (Å²) in [5.74, 6) is 0. The molecule has 104 valence electrons. The van der Waals surface area contributed by atoms with Crippen LogP contribution in [0.5, 0.6) is 0 Å². The predicted octanol–water partition coefficient (Wildman–Crippen LogP) is 3.50. The molecule has 0 aromatic rings. The summed E-state index contributed by atoms with van der Waals surface area (Å²) < 4.78 is 6.68. The number of rotatable bonds is 0. The molecule has 1 heterocycles. The average Bonchev–Trinajstić information content (AvgIpc) is 2.60. The molecule has 2 atom stereocenters. The molecule has 1 spiro atoms. The monoisotopic (exact) mass is 251 g/mol. The van der Waals surface area contributed by atoms with Crippen LogP contribution >= 0.6 is 0 Å². The molecule has 0 aromatic heterocycles. The van der Waals surface area contributed by atoms with Gasteiger partial charge in [-0.2, -0.15) is 0 Å².